The zero-order valence-electron chi connectivity index (χ0n) is 15.5. The topological polar surface area (TPSA) is 244 Å². The molecular weight excluding hydrogens is 538 g/mol. The molecule has 0 amide bonds. The van der Waals surface area contributed by atoms with Gasteiger partial charge in [-0.2, -0.15) is 17.4 Å². The Bertz CT molecular complexity index is 1070. The number of H-pyrrole nitrogens is 1. The van der Waals surface area contributed by atoms with E-state index in [4.69, 9.17) is 26.3 Å². The Morgan fingerprint density at radius 3 is 2.16 bits per heavy atom. The van der Waals surface area contributed by atoms with Crippen molar-refractivity contribution in [1.82, 2.24) is 9.55 Å². The van der Waals surface area contributed by atoms with E-state index in [1.165, 1.54) is 4.98 Å². The van der Waals surface area contributed by atoms with Gasteiger partial charge in [0, 0.05) is 19.4 Å². The van der Waals surface area contributed by atoms with Crippen molar-refractivity contribution in [3.8, 4) is 0 Å². The number of aliphatic hydroxyl groups is 1. The molecule has 1 heterocycles. The van der Waals surface area contributed by atoms with Crippen LogP contribution in [0, 0.1) is 0 Å². The van der Waals surface area contributed by atoms with Crippen molar-refractivity contribution in [2.45, 2.75) is 17.8 Å². The van der Waals surface area contributed by atoms with Crippen LogP contribution >= 0.6 is 35.1 Å². The fourth-order valence-electron chi connectivity index (χ4n) is 2.01. The number of alkyl halides is 3. The maximum absolute atomic E-state index is 14.7. The Morgan fingerprint density at radius 2 is 1.72 bits per heavy atom. The highest BCUT2D eigenvalue weighted by atomic mass is 35.5. The number of aromatic amines is 1. The molecule has 0 fully saturated rings. The standard InChI is InChI=1S/C10H16ClF2N2O14P3/c1-26-9(4-11,5-27-31(22,23)29-32(24,25)28-30(19,20)21)7(17)10(12,13)15-3-2-6(16)14-8(15)18/h2-3,7,17H,4-5H2,1H3,(H,22,23)(H,24,25)(H,14,16,18)(H2,19,20,21)/t7-,9-/m1/s1. The lowest BCUT2D eigenvalue weighted by molar-refractivity contribution is -0.245. The number of hydrogen-bond acceptors (Lipinski definition) is 10. The quantitative estimate of drug-likeness (QED) is 0.140. The molecule has 0 aliphatic rings. The summed E-state index contributed by atoms with van der Waals surface area (Å²) in [5.74, 6) is -1.10. The van der Waals surface area contributed by atoms with Gasteiger partial charge in [0.15, 0.2) is 6.10 Å². The van der Waals surface area contributed by atoms with E-state index >= 15 is 0 Å². The van der Waals surface area contributed by atoms with E-state index < -0.39 is 69.5 Å². The molecule has 0 saturated carbocycles. The first-order chi connectivity index (χ1) is 14.3. The first-order valence-corrected chi connectivity index (χ1v) is 12.6. The fraction of sp³-hybridized carbons (Fsp3) is 0.600. The summed E-state index contributed by atoms with van der Waals surface area (Å²) in [4.78, 5) is 59.7. The molecule has 6 N–H and O–H groups in total. The molecule has 2 unspecified atom stereocenters. The van der Waals surface area contributed by atoms with Crippen LogP contribution in [0.15, 0.2) is 21.9 Å². The molecule has 0 spiro atoms. The van der Waals surface area contributed by atoms with E-state index in [2.05, 4.69) is 17.9 Å². The largest absolute Gasteiger partial charge is 0.490 e. The summed E-state index contributed by atoms with van der Waals surface area (Å²) in [6.45, 7) is -1.56. The lowest BCUT2D eigenvalue weighted by atomic mass is 9.97. The number of aliphatic hydroxyl groups excluding tert-OH is 1. The molecule has 0 aliphatic carbocycles. The van der Waals surface area contributed by atoms with Crippen LogP contribution in [0.2, 0.25) is 0 Å². The van der Waals surface area contributed by atoms with Crippen LogP contribution in [-0.4, -0.2) is 65.5 Å². The average Bonchev–Trinajstić information content (AvgIpc) is 2.59. The third-order valence-electron chi connectivity index (χ3n) is 3.49. The summed E-state index contributed by atoms with van der Waals surface area (Å²) in [5.41, 5.74) is -5.50. The zero-order chi connectivity index (χ0) is 25.2. The predicted octanol–water partition coefficient (Wildman–Crippen LogP) is -0.586. The Labute approximate surface area is 180 Å². The molecule has 0 bridgehead atoms. The number of phosphoric acid groups is 3. The van der Waals surface area contributed by atoms with Crippen LogP contribution in [0.3, 0.4) is 0 Å². The van der Waals surface area contributed by atoms with Crippen LogP contribution in [0.4, 0.5) is 8.78 Å². The van der Waals surface area contributed by atoms with Crippen LogP contribution in [-0.2, 0) is 37.6 Å². The fourth-order valence-corrected chi connectivity index (χ4v) is 5.42. The number of halogens is 3. The second-order valence-electron chi connectivity index (χ2n) is 5.74. The van der Waals surface area contributed by atoms with E-state index in [1.807, 2.05) is 0 Å². The molecule has 0 aromatic carbocycles. The highest BCUT2D eigenvalue weighted by Gasteiger charge is 2.56. The van der Waals surface area contributed by atoms with Gasteiger partial charge in [-0.15, -0.1) is 11.6 Å². The van der Waals surface area contributed by atoms with Crippen molar-refractivity contribution in [3.63, 3.8) is 0 Å². The van der Waals surface area contributed by atoms with Gasteiger partial charge in [-0.05, 0) is 0 Å². The molecular formula is C10H16ClF2N2O14P3. The van der Waals surface area contributed by atoms with Gasteiger partial charge in [-0.1, -0.05) is 0 Å². The maximum Gasteiger partial charge on any atom is 0.490 e. The van der Waals surface area contributed by atoms with Crippen molar-refractivity contribution in [1.29, 1.82) is 0 Å². The van der Waals surface area contributed by atoms with Crippen LogP contribution < -0.4 is 11.2 Å². The smallest absolute Gasteiger partial charge is 0.382 e. The SMILES string of the molecule is CO[C@](CCl)(COP(=O)(O)OP(=O)(O)OP(=O)(O)O)[C@@H](O)C(F)(F)n1ccc(=O)[nH]c1=O. The second-order valence-corrected chi connectivity index (χ2v) is 10.4. The van der Waals surface area contributed by atoms with Gasteiger partial charge in [0.2, 0.25) is 0 Å². The number of nitrogens with one attached hydrogen (secondary N) is 1. The van der Waals surface area contributed by atoms with E-state index in [0.29, 0.717) is 19.4 Å². The molecule has 4 atom stereocenters. The summed E-state index contributed by atoms with van der Waals surface area (Å²) in [6, 6.07) is -4.06. The van der Waals surface area contributed by atoms with Gasteiger partial charge >= 0.3 is 35.2 Å². The van der Waals surface area contributed by atoms with E-state index in [-0.39, 0.29) is 0 Å². The minimum absolute atomic E-state index is 0.321. The van der Waals surface area contributed by atoms with Crippen molar-refractivity contribution in [2.24, 2.45) is 0 Å². The number of rotatable bonds is 12. The molecule has 1 aromatic rings. The number of aromatic nitrogens is 2. The Hall–Kier alpha value is -0.840. The van der Waals surface area contributed by atoms with Crippen LogP contribution in [0.25, 0.3) is 0 Å². The van der Waals surface area contributed by atoms with Crippen molar-refractivity contribution >= 4 is 35.1 Å². The number of nitrogens with zero attached hydrogens (tertiary/aromatic N) is 1. The highest BCUT2D eigenvalue weighted by molar-refractivity contribution is 7.66. The Balaban J connectivity index is 3.19. The van der Waals surface area contributed by atoms with Gasteiger partial charge < -0.3 is 29.4 Å². The normalized spacial score (nSPS) is 19.5. The molecule has 0 saturated heterocycles. The number of hydrogen-bond donors (Lipinski definition) is 6. The number of phosphoric ester groups is 1. The summed E-state index contributed by atoms with van der Waals surface area (Å²) in [6.07, 6.45) is -2.80. The summed E-state index contributed by atoms with van der Waals surface area (Å²) in [5, 5.41) is 10.2. The maximum atomic E-state index is 14.7. The van der Waals surface area contributed by atoms with Crippen molar-refractivity contribution < 1.29 is 65.0 Å². The second kappa shape index (κ2) is 10.2. The summed E-state index contributed by atoms with van der Waals surface area (Å²) in [7, 11) is -16.7. The van der Waals surface area contributed by atoms with Gasteiger partial charge in [0.05, 0.1) is 12.5 Å². The van der Waals surface area contributed by atoms with E-state index in [0.717, 1.165) is 0 Å². The molecule has 1 rings (SSSR count). The van der Waals surface area contributed by atoms with E-state index in [9.17, 15) is 42.1 Å². The lowest BCUT2D eigenvalue weighted by Crippen LogP contribution is -2.60. The Kier molecular flexibility index (Phi) is 9.30. The highest BCUT2D eigenvalue weighted by Crippen LogP contribution is 2.66. The van der Waals surface area contributed by atoms with Crippen LogP contribution in [0.1, 0.15) is 0 Å². The third-order valence-corrected chi connectivity index (χ3v) is 7.73. The minimum atomic E-state index is -5.91. The first-order valence-electron chi connectivity index (χ1n) is 7.59. The molecule has 186 valence electrons. The van der Waals surface area contributed by atoms with Gasteiger partial charge in [-0.3, -0.25) is 14.3 Å². The van der Waals surface area contributed by atoms with Gasteiger partial charge in [0.1, 0.15) is 5.60 Å². The number of ether oxygens (including phenoxy) is 1. The van der Waals surface area contributed by atoms with Gasteiger partial charge in [-0.25, -0.2) is 23.1 Å². The minimum Gasteiger partial charge on any atom is -0.382 e. The van der Waals surface area contributed by atoms with Crippen LogP contribution in [0.5, 0.6) is 0 Å². The predicted molar refractivity (Wildman–Crippen MR) is 97.8 cm³/mol. The van der Waals surface area contributed by atoms with Crippen molar-refractivity contribution in [3.05, 3.63) is 33.1 Å². The molecule has 22 heteroatoms. The first kappa shape index (κ1) is 29.2. The monoisotopic (exact) mass is 554 g/mol. The summed E-state index contributed by atoms with van der Waals surface area (Å²) >= 11 is 5.54. The van der Waals surface area contributed by atoms with Crippen molar-refractivity contribution in [2.75, 3.05) is 19.6 Å². The lowest BCUT2D eigenvalue weighted by Gasteiger charge is -2.38. The average molecular weight is 555 g/mol. The number of methoxy groups -OCH3 is 1. The summed E-state index contributed by atoms with van der Waals surface area (Å²) < 4.78 is 78.5. The van der Waals surface area contributed by atoms with Gasteiger partial charge in [0.25, 0.3) is 5.56 Å². The Morgan fingerprint density at radius 1 is 1.16 bits per heavy atom. The van der Waals surface area contributed by atoms with E-state index in [1.54, 1.807) is 0 Å². The molecule has 16 nitrogen and oxygen atoms in total. The molecule has 0 aliphatic heterocycles. The molecule has 32 heavy (non-hydrogen) atoms. The molecule has 1 aromatic heterocycles. The molecule has 0 radical (unpaired) electrons. The zero-order valence-corrected chi connectivity index (χ0v) is 18.9. The third kappa shape index (κ3) is 7.60.